The maximum absolute atomic E-state index is 9.92. The van der Waals surface area contributed by atoms with Crippen LogP contribution in [0, 0.1) is 25.7 Å². The zero-order valence-corrected chi connectivity index (χ0v) is 13.8. The maximum atomic E-state index is 9.92. The second kappa shape index (κ2) is 5.84. The Morgan fingerprint density at radius 1 is 0.875 bits per heavy atom. The van der Waals surface area contributed by atoms with Crippen molar-refractivity contribution in [2.45, 2.75) is 52.4 Å². The second-order valence-corrected chi connectivity index (χ2v) is 7.55. The van der Waals surface area contributed by atoms with Crippen LogP contribution in [0.5, 0.6) is 11.5 Å². The van der Waals surface area contributed by atoms with E-state index in [1.54, 1.807) is 0 Å². The lowest BCUT2D eigenvalue weighted by Crippen LogP contribution is -2.34. The fourth-order valence-electron chi connectivity index (χ4n) is 5.07. The molecule has 2 fully saturated rings. The van der Waals surface area contributed by atoms with Gasteiger partial charge in [-0.3, -0.25) is 0 Å². The van der Waals surface area contributed by atoms with E-state index in [-0.39, 0.29) is 12.8 Å². The quantitative estimate of drug-likeness (QED) is 0.770. The predicted octanol–water partition coefficient (Wildman–Crippen LogP) is 5.46. The van der Waals surface area contributed by atoms with Crippen molar-refractivity contribution in [3.8, 4) is 11.5 Å². The highest BCUT2D eigenvalue weighted by Gasteiger charge is 2.52. The van der Waals surface area contributed by atoms with Gasteiger partial charge in [-0.05, 0) is 79.3 Å². The van der Waals surface area contributed by atoms with Gasteiger partial charge in [0.1, 0.15) is 11.5 Å². The smallest absolute Gasteiger partial charge is 0.118 e. The summed E-state index contributed by atoms with van der Waals surface area (Å²) in [5, 5.41) is 19.8. The van der Waals surface area contributed by atoms with Crippen molar-refractivity contribution in [3.05, 3.63) is 58.7 Å². The van der Waals surface area contributed by atoms with Gasteiger partial charge in [-0.25, -0.2) is 0 Å². The molecular formula is C22H28O2. The molecule has 0 heterocycles. The van der Waals surface area contributed by atoms with E-state index in [1.807, 2.05) is 26.0 Å². The normalized spacial score (nSPS) is 23.9. The first kappa shape index (κ1) is 16.9. The molecule has 2 atom stereocenters. The monoisotopic (exact) mass is 324 g/mol. The van der Waals surface area contributed by atoms with Gasteiger partial charge in [0.2, 0.25) is 0 Å². The fourth-order valence-corrected chi connectivity index (χ4v) is 5.07. The summed E-state index contributed by atoms with van der Waals surface area (Å²) in [5.74, 6) is 2.21. The van der Waals surface area contributed by atoms with E-state index in [4.69, 9.17) is 0 Å². The number of phenolic OH excluding ortho intramolecular Hbond substituents is 2. The summed E-state index contributed by atoms with van der Waals surface area (Å²) in [5.41, 5.74) is 4.58. The highest BCUT2D eigenvalue weighted by molar-refractivity contribution is 5.49. The van der Waals surface area contributed by atoms with E-state index in [1.165, 1.54) is 36.8 Å². The molecule has 2 aliphatic carbocycles. The maximum Gasteiger partial charge on any atom is 0.118 e. The molecule has 2 N–H and O–H groups in total. The van der Waals surface area contributed by atoms with Crippen molar-refractivity contribution in [1.29, 1.82) is 0 Å². The molecule has 2 unspecified atom stereocenters. The molecule has 0 aromatic heterocycles. The summed E-state index contributed by atoms with van der Waals surface area (Å²) in [7, 11) is 0. The Bertz CT molecular complexity index is 711. The van der Waals surface area contributed by atoms with Crippen LogP contribution in [-0.2, 0) is 5.41 Å². The number of hydrogen-bond donors (Lipinski definition) is 2. The molecule has 2 heteroatoms. The molecule has 24 heavy (non-hydrogen) atoms. The number of aromatic hydroxyl groups is 2. The van der Waals surface area contributed by atoms with Gasteiger partial charge in [0, 0.05) is 5.41 Å². The van der Waals surface area contributed by atoms with Gasteiger partial charge in [-0.15, -0.1) is 0 Å². The van der Waals surface area contributed by atoms with Gasteiger partial charge in [-0.2, -0.15) is 0 Å². The lowest BCUT2D eigenvalue weighted by molar-refractivity contribution is 0.319. The molecule has 4 rings (SSSR count). The summed E-state index contributed by atoms with van der Waals surface area (Å²) in [6.07, 6.45) is 5.12. The van der Waals surface area contributed by atoms with Gasteiger partial charge in [0.15, 0.2) is 0 Å². The number of rotatable bonds is 2. The molecule has 2 aromatic carbocycles. The number of aryl methyl sites for hydroxylation is 2. The van der Waals surface area contributed by atoms with Gasteiger partial charge in [-0.1, -0.05) is 38.1 Å². The van der Waals surface area contributed by atoms with Crippen LogP contribution in [0.15, 0.2) is 36.4 Å². The zero-order valence-electron chi connectivity index (χ0n) is 13.8. The average Bonchev–Trinajstić information content (AvgIpc) is 3.14. The Balaban J connectivity index is 0.00000169. The van der Waals surface area contributed by atoms with Crippen molar-refractivity contribution < 1.29 is 10.2 Å². The SMILES string of the molecule is C.Cc1cc(C2(c3ccc(O)c(C)c3)CC3CCC2C3)ccc1O. The van der Waals surface area contributed by atoms with Crippen molar-refractivity contribution in [3.63, 3.8) is 0 Å². The number of phenols is 2. The highest BCUT2D eigenvalue weighted by Crippen LogP contribution is 2.60. The van der Waals surface area contributed by atoms with Crippen LogP contribution in [0.1, 0.15) is 55.4 Å². The van der Waals surface area contributed by atoms with E-state index in [0.717, 1.165) is 17.0 Å². The highest BCUT2D eigenvalue weighted by atomic mass is 16.3. The van der Waals surface area contributed by atoms with Crippen molar-refractivity contribution in [2.24, 2.45) is 11.8 Å². The summed E-state index contributed by atoms with van der Waals surface area (Å²) in [6, 6.07) is 12.2. The molecule has 0 aliphatic heterocycles. The average molecular weight is 324 g/mol. The largest absolute Gasteiger partial charge is 0.508 e. The van der Waals surface area contributed by atoms with Gasteiger partial charge in [0.25, 0.3) is 0 Å². The Morgan fingerprint density at radius 3 is 1.79 bits per heavy atom. The summed E-state index contributed by atoms with van der Waals surface area (Å²) >= 11 is 0. The second-order valence-electron chi connectivity index (χ2n) is 7.55. The standard InChI is InChI=1S/C21H24O2.CH4/c1-13-9-16(5-7-19(13)22)21(12-15-3-4-18(21)11-15)17-6-8-20(23)14(2)10-17;/h5-10,15,18,22-23H,3-4,11-12H2,1-2H3;1H4. The van der Waals surface area contributed by atoms with E-state index in [0.29, 0.717) is 17.4 Å². The van der Waals surface area contributed by atoms with E-state index < -0.39 is 0 Å². The van der Waals surface area contributed by atoms with Crippen LogP contribution in [0.25, 0.3) is 0 Å². The molecule has 0 spiro atoms. The van der Waals surface area contributed by atoms with Crippen LogP contribution >= 0.6 is 0 Å². The molecule has 0 amide bonds. The molecular weight excluding hydrogens is 296 g/mol. The van der Waals surface area contributed by atoms with Crippen molar-refractivity contribution >= 4 is 0 Å². The van der Waals surface area contributed by atoms with Crippen LogP contribution in [0.4, 0.5) is 0 Å². The lowest BCUT2D eigenvalue weighted by Gasteiger charge is -2.39. The van der Waals surface area contributed by atoms with E-state index >= 15 is 0 Å². The first-order chi connectivity index (χ1) is 11.0. The molecule has 0 saturated heterocycles. The lowest BCUT2D eigenvalue weighted by atomic mass is 9.64. The van der Waals surface area contributed by atoms with E-state index in [9.17, 15) is 10.2 Å². The van der Waals surface area contributed by atoms with E-state index in [2.05, 4.69) is 24.3 Å². The minimum absolute atomic E-state index is 0. The number of hydrogen-bond acceptors (Lipinski definition) is 2. The summed E-state index contributed by atoms with van der Waals surface area (Å²) < 4.78 is 0. The summed E-state index contributed by atoms with van der Waals surface area (Å²) in [4.78, 5) is 0. The minimum Gasteiger partial charge on any atom is -0.508 e. The Labute approximate surface area is 145 Å². The fraction of sp³-hybridized carbons (Fsp3) is 0.455. The van der Waals surface area contributed by atoms with Crippen LogP contribution in [-0.4, -0.2) is 10.2 Å². The molecule has 2 nitrogen and oxygen atoms in total. The topological polar surface area (TPSA) is 40.5 Å². The van der Waals surface area contributed by atoms with Crippen molar-refractivity contribution in [2.75, 3.05) is 0 Å². The van der Waals surface area contributed by atoms with Crippen LogP contribution < -0.4 is 0 Å². The Hall–Kier alpha value is -1.96. The number of benzene rings is 2. The first-order valence-electron chi connectivity index (χ1n) is 8.61. The molecule has 2 saturated carbocycles. The van der Waals surface area contributed by atoms with Gasteiger partial charge < -0.3 is 10.2 Å². The Morgan fingerprint density at radius 2 is 1.42 bits per heavy atom. The third kappa shape index (κ3) is 2.31. The van der Waals surface area contributed by atoms with Crippen LogP contribution in [0.3, 0.4) is 0 Å². The van der Waals surface area contributed by atoms with Crippen molar-refractivity contribution in [1.82, 2.24) is 0 Å². The van der Waals surface area contributed by atoms with Crippen LogP contribution in [0.2, 0.25) is 0 Å². The molecule has 2 aromatic rings. The summed E-state index contributed by atoms with van der Waals surface area (Å²) in [6.45, 7) is 3.95. The Kier molecular flexibility index (Phi) is 4.11. The molecule has 2 bridgehead atoms. The number of fused-ring (bicyclic) bond motifs is 2. The molecule has 128 valence electrons. The molecule has 2 aliphatic rings. The minimum atomic E-state index is 0. The molecule has 0 radical (unpaired) electrons. The predicted molar refractivity (Wildman–Crippen MR) is 98.6 cm³/mol. The van der Waals surface area contributed by atoms with Gasteiger partial charge >= 0.3 is 0 Å². The van der Waals surface area contributed by atoms with Gasteiger partial charge in [0.05, 0.1) is 0 Å². The zero-order chi connectivity index (χ0) is 16.2. The third-order valence-electron chi connectivity index (χ3n) is 6.27. The third-order valence-corrected chi connectivity index (χ3v) is 6.27. The first-order valence-corrected chi connectivity index (χ1v) is 8.61.